The molecule has 0 aromatic heterocycles. The van der Waals surface area contributed by atoms with Crippen LogP contribution in [-0.2, 0) is 31.9 Å². The number of rotatable bonds is 1. The molecule has 1 aliphatic carbocycles. The summed E-state index contributed by atoms with van der Waals surface area (Å²) in [7, 11) is 0. The summed E-state index contributed by atoms with van der Waals surface area (Å²) >= 11 is 2.98. The van der Waals surface area contributed by atoms with Crippen molar-refractivity contribution in [3.8, 4) is 0 Å². The van der Waals surface area contributed by atoms with Gasteiger partial charge in [0.25, 0.3) is 0 Å². The Morgan fingerprint density at radius 2 is 2.00 bits per heavy atom. The minimum atomic E-state index is -0.780. The predicted octanol–water partition coefficient (Wildman–Crippen LogP) is 2.83. The molecular formula is C8H13BrHgO2. The van der Waals surface area contributed by atoms with Gasteiger partial charge in [-0.15, -0.1) is 0 Å². The van der Waals surface area contributed by atoms with E-state index in [0.717, 1.165) is 9.85 Å². The standard InChI is InChI=1S/C8H13O2.BrH.Hg/c1-2-4-7-6-8(5-3-1)10-9-7;;/h4,7-8H,1-3,5-6H2;1H;/q;;+1/p-1/t7-,8+;;/m0../s1. The molecule has 0 amide bonds. The monoisotopic (exact) mass is 422 g/mol. The quantitative estimate of drug-likeness (QED) is 0.479. The molecule has 0 N–H and O–H groups in total. The number of hydrogen-bond acceptors (Lipinski definition) is 2. The van der Waals surface area contributed by atoms with Crippen molar-refractivity contribution >= 4 is 11.9 Å². The van der Waals surface area contributed by atoms with Gasteiger partial charge in [0.15, 0.2) is 0 Å². The SMILES string of the molecule is [Br][Hg][C@@H]1CCCC[C@@H]2C[C@H]1OO2. The van der Waals surface area contributed by atoms with Crippen LogP contribution < -0.4 is 0 Å². The van der Waals surface area contributed by atoms with E-state index in [1.165, 1.54) is 25.7 Å². The Balaban J connectivity index is 1.97. The Labute approximate surface area is 91.0 Å². The molecule has 0 aromatic rings. The van der Waals surface area contributed by atoms with Gasteiger partial charge in [-0.2, -0.15) is 0 Å². The summed E-state index contributed by atoms with van der Waals surface area (Å²) in [4.78, 5) is 10.6. The molecule has 1 heterocycles. The minimum absolute atomic E-state index is 0.422. The van der Waals surface area contributed by atoms with Gasteiger partial charge in [0, 0.05) is 0 Å². The number of fused-ring (bicyclic) bond motifs is 2. The summed E-state index contributed by atoms with van der Waals surface area (Å²) in [6.45, 7) is 0. The molecule has 1 saturated carbocycles. The predicted molar refractivity (Wildman–Crippen MR) is 45.5 cm³/mol. The van der Waals surface area contributed by atoms with Crippen LogP contribution in [0.1, 0.15) is 32.1 Å². The van der Waals surface area contributed by atoms with Crippen LogP contribution in [0.4, 0.5) is 0 Å². The molecule has 0 spiro atoms. The van der Waals surface area contributed by atoms with Crippen LogP contribution in [0.5, 0.6) is 0 Å². The van der Waals surface area contributed by atoms with Crippen LogP contribution in [0.25, 0.3) is 0 Å². The van der Waals surface area contributed by atoms with E-state index in [9.17, 15) is 0 Å². The molecule has 3 atom stereocenters. The van der Waals surface area contributed by atoms with Crippen molar-refractivity contribution in [1.29, 1.82) is 0 Å². The zero-order chi connectivity index (χ0) is 8.39. The van der Waals surface area contributed by atoms with E-state index in [1.54, 1.807) is 0 Å². The fourth-order valence-corrected chi connectivity index (χ4v) is 12.1. The first kappa shape index (κ1) is 9.87. The summed E-state index contributed by atoms with van der Waals surface area (Å²) in [6, 6.07) is 0. The van der Waals surface area contributed by atoms with Gasteiger partial charge in [0.2, 0.25) is 0 Å². The molecule has 1 saturated heterocycles. The van der Waals surface area contributed by atoms with Crippen LogP contribution in [0.2, 0.25) is 3.43 Å². The van der Waals surface area contributed by atoms with Gasteiger partial charge in [0.05, 0.1) is 0 Å². The van der Waals surface area contributed by atoms with Crippen LogP contribution in [0.15, 0.2) is 0 Å². The topological polar surface area (TPSA) is 18.5 Å². The van der Waals surface area contributed by atoms with Crippen LogP contribution in [0, 0.1) is 0 Å². The Morgan fingerprint density at radius 1 is 1.17 bits per heavy atom. The van der Waals surface area contributed by atoms with Crippen molar-refractivity contribution in [1.82, 2.24) is 0 Å². The first-order valence-electron chi connectivity index (χ1n) is 4.78. The second-order valence-electron chi connectivity index (χ2n) is 3.79. The van der Waals surface area contributed by atoms with Crippen molar-refractivity contribution in [2.45, 2.75) is 47.7 Å². The maximum atomic E-state index is 5.37. The van der Waals surface area contributed by atoms with Gasteiger partial charge in [-0.05, 0) is 0 Å². The van der Waals surface area contributed by atoms with E-state index in [-0.39, 0.29) is 0 Å². The molecule has 2 rings (SSSR count). The van der Waals surface area contributed by atoms with Crippen LogP contribution in [-0.4, -0.2) is 12.2 Å². The third-order valence-electron chi connectivity index (χ3n) is 2.89. The molecule has 12 heavy (non-hydrogen) atoms. The van der Waals surface area contributed by atoms with E-state index < -0.39 is 22.1 Å². The van der Waals surface area contributed by atoms with Gasteiger partial charge in [-0.1, -0.05) is 0 Å². The van der Waals surface area contributed by atoms with E-state index in [2.05, 4.69) is 11.9 Å². The third-order valence-corrected chi connectivity index (χ3v) is 15.4. The van der Waals surface area contributed by atoms with E-state index >= 15 is 0 Å². The van der Waals surface area contributed by atoms with Gasteiger partial charge in [-0.25, -0.2) is 0 Å². The molecule has 4 heteroatoms. The molecule has 0 aromatic carbocycles. The van der Waals surface area contributed by atoms with Crippen molar-refractivity contribution in [2.24, 2.45) is 0 Å². The zero-order valence-electron chi connectivity index (χ0n) is 7.17. The Morgan fingerprint density at radius 3 is 2.83 bits per heavy atom. The Bertz CT molecular complexity index is 156. The maximum absolute atomic E-state index is 5.37. The van der Waals surface area contributed by atoms with E-state index in [4.69, 9.17) is 9.78 Å². The molecule has 1 aliphatic heterocycles. The molecule has 2 fully saturated rings. The van der Waals surface area contributed by atoms with Gasteiger partial charge < -0.3 is 0 Å². The molecule has 2 nitrogen and oxygen atoms in total. The molecular weight excluding hydrogens is 409 g/mol. The third kappa shape index (κ3) is 2.22. The van der Waals surface area contributed by atoms with Crippen molar-refractivity contribution < 1.29 is 31.9 Å². The normalized spacial score (nSPS) is 41.6. The average Bonchev–Trinajstić information content (AvgIpc) is 2.50. The molecule has 66 valence electrons. The van der Waals surface area contributed by atoms with Crippen molar-refractivity contribution in [3.63, 3.8) is 0 Å². The zero-order valence-corrected chi connectivity index (χ0v) is 14.3. The summed E-state index contributed by atoms with van der Waals surface area (Å²) < 4.78 is 0.885. The van der Waals surface area contributed by atoms with E-state index in [0.29, 0.717) is 12.2 Å². The van der Waals surface area contributed by atoms with Crippen molar-refractivity contribution in [2.75, 3.05) is 0 Å². The van der Waals surface area contributed by atoms with E-state index in [1.807, 2.05) is 0 Å². The Hall–Kier alpha value is 1.34. The average molecular weight is 422 g/mol. The van der Waals surface area contributed by atoms with Gasteiger partial charge in [-0.3, -0.25) is 0 Å². The fraction of sp³-hybridized carbons (Fsp3) is 1.00. The molecule has 2 bridgehead atoms. The van der Waals surface area contributed by atoms with Crippen LogP contribution >= 0.6 is 11.9 Å². The summed E-state index contributed by atoms with van der Waals surface area (Å²) in [5.74, 6) is 0. The summed E-state index contributed by atoms with van der Waals surface area (Å²) in [6.07, 6.45) is 7.35. The number of hydrogen-bond donors (Lipinski definition) is 0. The van der Waals surface area contributed by atoms with Crippen molar-refractivity contribution in [3.05, 3.63) is 0 Å². The van der Waals surface area contributed by atoms with Gasteiger partial charge >= 0.3 is 91.6 Å². The molecule has 2 aliphatic rings. The molecule has 0 unspecified atom stereocenters. The summed E-state index contributed by atoms with van der Waals surface area (Å²) in [5, 5.41) is 0. The second kappa shape index (κ2) is 4.71. The molecule has 0 radical (unpaired) electrons. The van der Waals surface area contributed by atoms with Gasteiger partial charge in [0.1, 0.15) is 0 Å². The Kier molecular flexibility index (Phi) is 3.88. The fourth-order valence-electron chi connectivity index (χ4n) is 2.07. The second-order valence-corrected chi connectivity index (χ2v) is 14.7. The van der Waals surface area contributed by atoms with Crippen LogP contribution in [0.3, 0.4) is 0 Å². The first-order valence-corrected chi connectivity index (χ1v) is 19.9. The number of halogens is 1. The first-order chi connectivity index (χ1) is 5.90. The summed E-state index contributed by atoms with van der Waals surface area (Å²) in [5.41, 5.74) is 0.